The molecule has 5 heteroatoms. The van der Waals surface area contributed by atoms with Crippen molar-refractivity contribution in [2.24, 2.45) is 0 Å². The molecule has 0 aliphatic rings. The smallest absolute Gasteiger partial charge is 0.0774 e. The van der Waals surface area contributed by atoms with Crippen LogP contribution < -0.4 is 0 Å². The Morgan fingerprint density at radius 1 is 0.655 bits per heavy atom. The van der Waals surface area contributed by atoms with Crippen molar-refractivity contribution in [1.29, 1.82) is 0 Å². The number of benzene rings is 7. The van der Waals surface area contributed by atoms with Gasteiger partial charge in [-0.2, -0.15) is 0 Å². The molecule has 0 spiro atoms. The summed E-state index contributed by atoms with van der Waals surface area (Å²) >= 11 is 0. The number of fused-ring (bicyclic) bond motifs is 3. The minimum Gasteiger partial charge on any atom is -0.557 e. The number of imidazole rings is 1. The third-order valence-corrected chi connectivity index (χ3v) is 9.56. The average molecular weight is 889 g/mol. The number of furan rings is 1. The van der Waals surface area contributed by atoms with Gasteiger partial charge >= 0.3 is 0 Å². The van der Waals surface area contributed by atoms with Crippen LogP contribution in [0.2, 0.25) is 0 Å². The average Bonchev–Trinajstić information content (AvgIpc) is 3.84. The van der Waals surface area contributed by atoms with Crippen LogP contribution in [0.25, 0.3) is 83.4 Å². The van der Waals surface area contributed by atoms with Gasteiger partial charge in [0.05, 0.1) is 22.5 Å². The standard InChI is InChI=1S/C38H25N2O.C12H10N.Ir/c1-25-20-30(26-12-4-2-5-13-26)37(31(21-25)27-14-6-3-7-15-27)40-35-19-11-10-18-34(35)39-38(40)33-24-41-36-23-29-17-9-8-16-28(29)22-32(33)36;1-10-7-8-12(13-9-10)11-5-3-2-4-6-11;/h2-23H,1H3;2-5,7-9H,1H3;/q2*-1;/i;1D3;. The Balaban J connectivity index is 0.000000233. The number of nitrogens with zero attached hydrogens (tertiary/aromatic N) is 3. The van der Waals surface area contributed by atoms with E-state index in [1.165, 1.54) is 11.8 Å². The van der Waals surface area contributed by atoms with Gasteiger partial charge in [0.2, 0.25) is 0 Å². The first-order valence-electron chi connectivity index (χ1n) is 19.3. The number of rotatable bonds is 5. The van der Waals surface area contributed by atoms with Gasteiger partial charge in [0.25, 0.3) is 0 Å². The second-order valence-electron chi connectivity index (χ2n) is 13.2. The summed E-state index contributed by atoms with van der Waals surface area (Å²) in [6.07, 6.45) is 4.64. The molecule has 0 N–H and O–H groups in total. The van der Waals surface area contributed by atoms with E-state index in [1.54, 1.807) is 18.2 Å². The van der Waals surface area contributed by atoms with Crippen LogP contribution in [0.4, 0.5) is 0 Å². The van der Waals surface area contributed by atoms with E-state index in [1.807, 2.05) is 24.3 Å². The van der Waals surface area contributed by atoms with Crippen LogP contribution in [-0.4, -0.2) is 14.5 Å². The van der Waals surface area contributed by atoms with Gasteiger partial charge in [0.15, 0.2) is 0 Å². The van der Waals surface area contributed by atoms with Crippen molar-refractivity contribution < 1.29 is 28.6 Å². The minimum atomic E-state index is -2.09. The molecule has 0 saturated heterocycles. The molecule has 0 saturated carbocycles. The van der Waals surface area contributed by atoms with E-state index in [0.717, 1.165) is 83.4 Å². The predicted octanol–water partition coefficient (Wildman–Crippen LogP) is 12.9. The van der Waals surface area contributed by atoms with Crippen LogP contribution in [0.15, 0.2) is 180 Å². The Kier molecular flexibility index (Phi) is 9.06. The number of hydrogen-bond acceptors (Lipinski definition) is 3. The van der Waals surface area contributed by atoms with Crippen LogP contribution >= 0.6 is 0 Å². The maximum absolute atomic E-state index is 7.23. The van der Waals surface area contributed by atoms with Gasteiger partial charge in [0, 0.05) is 53.4 Å². The summed E-state index contributed by atoms with van der Waals surface area (Å²) in [6, 6.07) is 60.5. The van der Waals surface area contributed by atoms with Gasteiger partial charge in [0.1, 0.15) is 0 Å². The third-order valence-electron chi connectivity index (χ3n) is 9.56. The van der Waals surface area contributed by atoms with Crippen molar-refractivity contribution in [2.45, 2.75) is 13.8 Å². The van der Waals surface area contributed by atoms with Gasteiger partial charge in [-0.1, -0.05) is 132 Å². The largest absolute Gasteiger partial charge is 0.557 e. The van der Waals surface area contributed by atoms with E-state index in [2.05, 4.69) is 156 Å². The first-order valence-corrected chi connectivity index (χ1v) is 17.8. The molecule has 0 aliphatic carbocycles. The second-order valence-corrected chi connectivity index (χ2v) is 13.2. The quantitative estimate of drug-likeness (QED) is 0.162. The Hall–Kier alpha value is -6.39. The molecule has 267 valence electrons. The van der Waals surface area contributed by atoms with Crippen molar-refractivity contribution >= 4 is 32.8 Å². The van der Waals surface area contributed by atoms with E-state index < -0.39 is 6.85 Å². The van der Waals surface area contributed by atoms with Gasteiger partial charge in [-0.3, -0.25) is 4.98 Å². The van der Waals surface area contributed by atoms with Gasteiger partial charge in [-0.25, -0.2) is 0 Å². The summed E-state index contributed by atoms with van der Waals surface area (Å²) in [5.74, 6) is 0.804. The molecule has 0 atom stereocenters. The monoisotopic (exact) mass is 889 g/mol. The Morgan fingerprint density at radius 2 is 1.31 bits per heavy atom. The molecule has 0 fully saturated rings. The Morgan fingerprint density at radius 3 is 1.96 bits per heavy atom. The zero-order valence-corrected chi connectivity index (χ0v) is 32.2. The summed E-state index contributed by atoms with van der Waals surface area (Å²) in [6.45, 7) is 0.0734. The summed E-state index contributed by atoms with van der Waals surface area (Å²) < 4.78 is 30.1. The van der Waals surface area contributed by atoms with E-state index >= 15 is 0 Å². The molecule has 7 aromatic carbocycles. The molecule has 3 heterocycles. The summed E-state index contributed by atoms with van der Waals surface area (Å²) in [5.41, 5.74) is 12.3. The SMILES string of the molecule is Cc1cc(-c2ccccc2)c(-n2c(-c3[c-]oc4cc5ccccc5cc34)nc3ccccc32)c(-c2ccccc2)c1.[2H]C([2H])([2H])c1ccc(-c2[c-]cccc2)nc1.[Ir]. The number of para-hydroxylation sites is 2. The van der Waals surface area contributed by atoms with Crippen LogP contribution in [0.1, 0.15) is 15.2 Å². The molecule has 55 heavy (non-hydrogen) atoms. The molecule has 0 bridgehead atoms. The molecule has 1 radical (unpaired) electrons. The summed E-state index contributed by atoms with van der Waals surface area (Å²) in [5, 5.41) is 3.29. The number of aromatic nitrogens is 3. The fourth-order valence-electron chi connectivity index (χ4n) is 7.05. The maximum atomic E-state index is 7.23. The van der Waals surface area contributed by atoms with Crippen LogP contribution in [0.5, 0.6) is 0 Å². The first kappa shape index (κ1) is 32.1. The predicted molar refractivity (Wildman–Crippen MR) is 221 cm³/mol. The minimum absolute atomic E-state index is 0. The number of hydrogen-bond donors (Lipinski definition) is 0. The fraction of sp³-hybridized carbons (Fsp3) is 0.0400. The molecule has 0 aliphatic heterocycles. The van der Waals surface area contributed by atoms with E-state index in [9.17, 15) is 0 Å². The van der Waals surface area contributed by atoms with Gasteiger partial charge in [-0.05, 0) is 76.8 Å². The van der Waals surface area contributed by atoms with E-state index in [0.29, 0.717) is 0 Å². The zero-order chi connectivity index (χ0) is 38.9. The molecule has 0 unspecified atom stereocenters. The van der Waals surface area contributed by atoms with Crippen LogP contribution in [0.3, 0.4) is 0 Å². The van der Waals surface area contributed by atoms with Gasteiger partial charge in [-0.15, -0.1) is 35.9 Å². The summed E-state index contributed by atoms with van der Waals surface area (Å²) in [4.78, 5) is 9.35. The fourth-order valence-corrected chi connectivity index (χ4v) is 7.05. The molecular formula is C50H35IrN3O-2. The topological polar surface area (TPSA) is 43.9 Å². The van der Waals surface area contributed by atoms with Crippen molar-refractivity contribution in [1.82, 2.24) is 14.5 Å². The van der Waals surface area contributed by atoms with Crippen molar-refractivity contribution in [3.8, 4) is 50.6 Å². The van der Waals surface area contributed by atoms with E-state index in [4.69, 9.17) is 13.5 Å². The van der Waals surface area contributed by atoms with E-state index in [-0.39, 0.29) is 25.7 Å². The molecule has 0 amide bonds. The van der Waals surface area contributed by atoms with Gasteiger partial charge < -0.3 is 14.0 Å². The maximum Gasteiger partial charge on any atom is 0.0774 e. The molecule has 10 aromatic rings. The van der Waals surface area contributed by atoms with Crippen molar-refractivity contribution in [2.75, 3.05) is 0 Å². The van der Waals surface area contributed by atoms with Crippen molar-refractivity contribution in [3.63, 3.8) is 0 Å². The van der Waals surface area contributed by atoms with Crippen molar-refractivity contribution in [3.05, 3.63) is 200 Å². The van der Waals surface area contributed by atoms with Crippen LogP contribution in [0, 0.1) is 26.1 Å². The first-order chi connectivity index (χ1) is 27.8. The Labute approximate surface area is 338 Å². The summed E-state index contributed by atoms with van der Waals surface area (Å²) in [7, 11) is 0. The normalized spacial score (nSPS) is 12.0. The third kappa shape index (κ3) is 7.04. The second kappa shape index (κ2) is 15.5. The Bertz CT molecular complexity index is 2940. The molecule has 4 nitrogen and oxygen atoms in total. The molecule has 10 rings (SSSR count). The molecule has 3 aromatic heterocycles. The molecular weight excluding hydrogens is 851 g/mol. The zero-order valence-electron chi connectivity index (χ0n) is 32.8. The number of pyridine rings is 1. The van der Waals surface area contributed by atoms with Crippen LogP contribution in [-0.2, 0) is 20.1 Å². The number of aryl methyl sites for hydroxylation is 2.